The molecule has 0 saturated heterocycles. The minimum absolute atomic E-state index is 0.0220. The van der Waals surface area contributed by atoms with E-state index in [1.54, 1.807) is 12.1 Å². The van der Waals surface area contributed by atoms with Crippen LogP contribution in [0, 0.1) is 0 Å². The van der Waals surface area contributed by atoms with Gasteiger partial charge in [0.1, 0.15) is 28.2 Å². The maximum atomic E-state index is 9.93. The number of aromatic hydroxyl groups is 1. The SMILES string of the molecule is OCOc1ccc(-n2nc3ccccc3n2)c(O)c1. The number of hydrogen-bond acceptors (Lipinski definition) is 5. The molecular weight excluding hydrogens is 246 g/mol. The molecule has 2 aromatic carbocycles. The summed E-state index contributed by atoms with van der Waals surface area (Å²) < 4.78 is 4.88. The van der Waals surface area contributed by atoms with Crippen LogP contribution in [0.1, 0.15) is 0 Å². The monoisotopic (exact) mass is 257 g/mol. The van der Waals surface area contributed by atoms with E-state index in [-0.39, 0.29) is 5.75 Å². The average Bonchev–Trinajstić information content (AvgIpc) is 2.82. The molecule has 0 spiro atoms. The first-order chi connectivity index (χ1) is 9.28. The van der Waals surface area contributed by atoms with Gasteiger partial charge in [-0.1, -0.05) is 12.1 Å². The lowest BCUT2D eigenvalue weighted by molar-refractivity contribution is 0.0983. The van der Waals surface area contributed by atoms with Gasteiger partial charge in [-0.05, 0) is 24.3 Å². The van der Waals surface area contributed by atoms with E-state index in [2.05, 4.69) is 10.2 Å². The number of aliphatic hydroxyl groups is 1. The lowest BCUT2D eigenvalue weighted by Crippen LogP contribution is -2.00. The third kappa shape index (κ3) is 2.09. The van der Waals surface area contributed by atoms with Crippen molar-refractivity contribution in [3.8, 4) is 17.2 Å². The van der Waals surface area contributed by atoms with Crippen LogP contribution < -0.4 is 4.74 Å². The van der Waals surface area contributed by atoms with Crippen molar-refractivity contribution in [3.05, 3.63) is 42.5 Å². The molecule has 96 valence electrons. The van der Waals surface area contributed by atoms with E-state index in [0.717, 1.165) is 11.0 Å². The van der Waals surface area contributed by atoms with Gasteiger partial charge in [0.25, 0.3) is 0 Å². The van der Waals surface area contributed by atoms with E-state index in [4.69, 9.17) is 9.84 Å². The van der Waals surface area contributed by atoms with Crippen LogP contribution >= 0.6 is 0 Å². The number of hydrogen-bond donors (Lipinski definition) is 2. The Morgan fingerprint density at radius 2 is 1.74 bits per heavy atom. The second-order valence-corrected chi connectivity index (χ2v) is 3.90. The number of phenols is 1. The predicted molar refractivity (Wildman–Crippen MR) is 68.2 cm³/mol. The van der Waals surface area contributed by atoms with Crippen LogP contribution in [0.2, 0.25) is 0 Å². The van der Waals surface area contributed by atoms with Gasteiger partial charge in [-0.2, -0.15) is 0 Å². The first kappa shape index (κ1) is 11.5. The zero-order valence-corrected chi connectivity index (χ0v) is 9.89. The highest BCUT2D eigenvalue weighted by Crippen LogP contribution is 2.26. The first-order valence-corrected chi connectivity index (χ1v) is 5.67. The largest absolute Gasteiger partial charge is 0.505 e. The minimum atomic E-state index is -0.442. The Morgan fingerprint density at radius 1 is 1.05 bits per heavy atom. The highest BCUT2D eigenvalue weighted by Gasteiger charge is 2.09. The van der Waals surface area contributed by atoms with E-state index >= 15 is 0 Å². The van der Waals surface area contributed by atoms with Gasteiger partial charge in [-0.3, -0.25) is 0 Å². The Kier molecular flexibility index (Phi) is 2.77. The van der Waals surface area contributed by atoms with Crippen molar-refractivity contribution in [3.63, 3.8) is 0 Å². The van der Waals surface area contributed by atoms with Crippen LogP contribution in [-0.4, -0.2) is 32.0 Å². The predicted octanol–water partition coefficient (Wildman–Crippen LogP) is 1.45. The molecule has 2 N–H and O–H groups in total. The van der Waals surface area contributed by atoms with Crippen molar-refractivity contribution in [1.29, 1.82) is 0 Å². The van der Waals surface area contributed by atoms with Gasteiger partial charge in [0.2, 0.25) is 0 Å². The standard InChI is InChI=1S/C13H11N3O3/c17-8-19-9-5-6-12(13(18)7-9)16-14-10-3-1-2-4-11(10)15-16/h1-7,17-18H,8H2. The van der Waals surface area contributed by atoms with Gasteiger partial charge in [0, 0.05) is 6.07 Å². The minimum Gasteiger partial charge on any atom is -0.505 e. The van der Waals surface area contributed by atoms with Crippen molar-refractivity contribution in [2.24, 2.45) is 0 Å². The molecule has 0 saturated carbocycles. The Bertz CT molecular complexity index is 691. The molecule has 0 radical (unpaired) electrons. The van der Waals surface area contributed by atoms with Crippen molar-refractivity contribution in [2.75, 3.05) is 6.79 Å². The van der Waals surface area contributed by atoms with E-state index in [1.807, 2.05) is 24.3 Å². The van der Waals surface area contributed by atoms with Crippen LogP contribution in [0.25, 0.3) is 16.7 Å². The van der Waals surface area contributed by atoms with Crippen LogP contribution in [0.3, 0.4) is 0 Å². The summed E-state index contributed by atoms with van der Waals surface area (Å²) >= 11 is 0. The van der Waals surface area contributed by atoms with Gasteiger partial charge >= 0.3 is 0 Å². The normalized spacial score (nSPS) is 10.8. The van der Waals surface area contributed by atoms with Gasteiger partial charge in [-0.25, -0.2) is 0 Å². The smallest absolute Gasteiger partial charge is 0.186 e. The summed E-state index contributed by atoms with van der Waals surface area (Å²) in [6, 6.07) is 12.1. The van der Waals surface area contributed by atoms with E-state index < -0.39 is 6.79 Å². The van der Waals surface area contributed by atoms with E-state index in [1.165, 1.54) is 10.9 Å². The van der Waals surface area contributed by atoms with E-state index in [0.29, 0.717) is 11.4 Å². The first-order valence-electron chi connectivity index (χ1n) is 5.67. The second-order valence-electron chi connectivity index (χ2n) is 3.90. The van der Waals surface area contributed by atoms with E-state index in [9.17, 15) is 5.11 Å². The summed E-state index contributed by atoms with van der Waals surface area (Å²) in [5.41, 5.74) is 1.94. The molecule has 3 aromatic rings. The number of fused-ring (bicyclic) bond motifs is 1. The van der Waals surface area contributed by atoms with Crippen molar-refractivity contribution in [2.45, 2.75) is 0 Å². The molecule has 0 aliphatic carbocycles. The highest BCUT2D eigenvalue weighted by molar-refractivity contribution is 5.73. The molecule has 0 fully saturated rings. The fraction of sp³-hybridized carbons (Fsp3) is 0.0769. The molecule has 1 aromatic heterocycles. The zero-order valence-electron chi connectivity index (χ0n) is 9.89. The summed E-state index contributed by atoms with van der Waals surface area (Å²) in [6.45, 7) is -0.442. The third-order valence-electron chi connectivity index (χ3n) is 2.68. The van der Waals surface area contributed by atoms with Crippen molar-refractivity contribution in [1.82, 2.24) is 15.0 Å². The molecule has 6 heteroatoms. The quantitative estimate of drug-likeness (QED) is 0.694. The summed E-state index contributed by atoms with van der Waals surface area (Å²) in [5, 5.41) is 27.1. The Hall–Kier alpha value is -2.60. The van der Waals surface area contributed by atoms with Crippen LogP contribution in [0.5, 0.6) is 11.5 Å². The molecule has 0 unspecified atom stereocenters. The second kappa shape index (κ2) is 4.58. The summed E-state index contributed by atoms with van der Waals surface area (Å²) in [5.74, 6) is 0.353. The molecule has 0 atom stereocenters. The maximum Gasteiger partial charge on any atom is 0.186 e. The number of ether oxygens (including phenoxy) is 1. The van der Waals surface area contributed by atoms with Crippen LogP contribution in [-0.2, 0) is 0 Å². The van der Waals surface area contributed by atoms with Crippen molar-refractivity contribution < 1.29 is 14.9 Å². The van der Waals surface area contributed by atoms with Crippen LogP contribution in [0.4, 0.5) is 0 Å². The van der Waals surface area contributed by atoms with Gasteiger partial charge < -0.3 is 14.9 Å². The number of benzene rings is 2. The molecule has 0 aliphatic heterocycles. The molecule has 6 nitrogen and oxygen atoms in total. The number of aliphatic hydroxyl groups excluding tert-OH is 1. The third-order valence-corrected chi connectivity index (χ3v) is 2.68. The average molecular weight is 257 g/mol. The van der Waals surface area contributed by atoms with Gasteiger partial charge in [-0.15, -0.1) is 15.0 Å². The number of nitrogens with zero attached hydrogens (tertiary/aromatic N) is 3. The maximum absolute atomic E-state index is 9.93. The van der Waals surface area contributed by atoms with Gasteiger partial charge in [0.05, 0.1) is 0 Å². The van der Waals surface area contributed by atoms with Crippen molar-refractivity contribution >= 4 is 11.0 Å². The Morgan fingerprint density at radius 3 is 2.32 bits per heavy atom. The lowest BCUT2D eigenvalue weighted by atomic mass is 10.3. The molecule has 0 bridgehead atoms. The Labute approximate surface area is 108 Å². The fourth-order valence-electron chi connectivity index (χ4n) is 1.80. The lowest BCUT2D eigenvalue weighted by Gasteiger charge is -2.06. The summed E-state index contributed by atoms with van der Waals surface area (Å²) in [7, 11) is 0. The fourth-order valence-corrected chi connectivity index (χ4v) is 1.80. The number of phenolic OH excluding ortho intramolecular Hbond substituents is 1. The molecule has 0 aliphatic rings. The van der Waals surface area contributed by atoms with Gasteiger partial charge in [0.15, 0.2) is 6.79 Å². The molecule has 3 rings (SSSR count). The summed E-state index contributed by atoms with van der Waals surface area (Å²) in [6.07, 6.45) is 0. The van der Waals surface area contributed by atoms with Crippen LogP contribution in [0.15, 0.2) is 42.5 Å². The molecule has 0 amide bonds. The summed E-state index contributed by atoms with van der Waals surface area (Å²) in [4.78, 5) is 1.36. The highest BCUT2D eigenvalue weighted by atomic mass is 16.6. The number of rotatable bonds is 3. The molecule has 19 heavy (non-hydrogen) atoms. The topological polar surface area (TPSA) is 80.4 Å². The zero-order chi connectivity index (χ0) is 13.2. The molecular formula is C13H11N3O3. The molecule has 1 heterocycles. The Balaban J connectivity index is 2.05. The number of aromatic nitrogens is 3.